The first kappa shape index (κ1) is 16.1. The van der Waals surface area contributed by atoms with Crippen molar-refractivity contribution in [3.8, 4) is 17.1 Å². The van der Waals surface area contributed by atoms with E-state index in [1.54, 1.807) is 30.3 Å². The monoisotopic (exact) mass is 346 g/mol. The van der Waals surface area contributed by atoms with E-state index in [4.69, 9.17) is 9.15 Å². The second-order valence-electron chi connectivity index (χ2n) is 5.87. The van der Waals surface area contributed by atoms with Crippen molar-refractivity contribution in [2.75, 3.05) is 0 Å². The molecule has 0 radical (unpaired) electrons. The van der Waals surface area contributed by atoms with E-state index in [1.165, 1.54) is 12.1 Å². The Bertz CT molecular complexity index is 1100. The molecule has 0 N–H and O–H groups in total. The van der Waals surface area contributed by atoms with E-state index in [9.17, 15) is 9.18 Å². The fourth-order valence-electron chi connectivity index (χ4n) is 2.77. The van der Waals surface area contributed by atoms with Gasteiger partial charge in [0.2, 0.25) is 11.2 Å². The molecule has 0 aliphatic heterocycles. The summed E-state index contributed by atoms with van der Waals surface area (Å²) in [4.78, 5) is 13.0. The Morgan fingerprint density at radius 2 is 1.54 bits per heavy atom. The van der Waals surface area contributed by atoms with Crippen molar-refractivity contribution in [2.24, 2.45) is 0 Å². The zero-order chi connectivity index (χ0) is 17.9. The quantitative estimate of drug-likeness (QED) is 0.511. The molecule has 4 rings (SSSR count). The molecule has 1 aromatic heterocycles. The smallest absolute Gasteiger partial charge is 0.235 e. The molecule has 4 aromatic rings. The first-order chi connectivity index (χ1) is 12.7. The van der Waals surface area contributed by atoms with E-state index in [-0.39, 0.29) is 23.6 Å². The van der Waals surface area contributed by atoms with E-state index in [0.29, 0.717) is 16.7 Å². The van der Waals surface area contributed by atoms with Gasteiger partial charge in [0.15, 0.2) is 5.76 Å². The van der Waals surface area contributed by atoms with Gasteiger partial charge < -0.3 is 9.15 Å². The summed E-state index contributed by atoms with van der Waals surface area (Å²) in [5.41, 5.74) is 1.79. The fourth-order valence-corrected chi connectivity index (χ4v) is 2.77. The van der Waals surface area contributed by atoms with Crippen LogP contribution < -0.4 is 10.2 Å². The van der Waals surface area contributed by atoms with E-state index < -0.39 is 0 Å². The largest absolute Gasteiger partial charge is 0.481 e. The molecule has 0 saturated carbocycles. The van der Waals surface area contributed by atoms with Crippen LogP contribution in [-0.2, 0) is 6.61 Å². The Morgan fingerprint density at radius 1 is 0.846 bits per heavy atom. The summed E-state index contributed by atoms with van der Waals surface area (Å²) in [5, 5.41) is 0.460. The highest BCUT2D eigenvalue weighted by molar-refractivity contribution is 5.81. The van der Waals surface area contributed by atoms with Crippen LogP contribution in [0.1, 0.15) is 5.56 Å². The molecule has 0 amide bonds. The molecule has 4 heteroatoms. The molecule has 128 valence electrons. The van der Waals surface area contributed by atoms with E-state index >= 15 is 0 Å². The van der Waals surface area contributed by atoms with Crippen LogP contribution in [0.2, 0.25) is 0 Å². The molecule has 0 saturated heterocycles. The van der Waals surface area contributed by atoms with Crippen molar-refractivity contribution in [1.82, 2.24) is 0 Å². The zero-order valence-corrected chi connectivity index (χ0v) is 13.8. The molecule has 0 aliphatic rings. The number of hydrogen-bond acceptors (Lipinski definition) is 3. The van der Waals surface area contributed by atoms with Crippen molar-refractivity contribution in [2.45, 2.75) is 6.61 Å². The van der Waals surface area contributed by atoms with Gasteiger partial charge in [0.25, 0.3) is 0 Å². The highest BCUT2D eigenvalue weighted by Crippen LogP contribution is 2.31. The van der Waals surface area contributed by atoms with Crippen LogP contribution in [0.4, 0.5) is 4.39 Å². The highest BCUT2D eigenvalue weighted by atomic mass is 19.1. The van der Waals surface area contributed by atoms with E-state index in [1.807, 2.05) is 36.4 Å². The minimum Gasteiger partial charge on any atom is -0.481 e. The van der Waals surface area contributed by atoms with Crippen molar-refractivity contribution in [3.63, 3.8) is 0 Å². The Labute approximate surface area is 149 Å². The number of hydrogen-bond donors (Lipinski definition) is 0. The summed E-state index contributed by atoms with van der Waals surface area (Å²) in [6.07, 6.45) is 0. The average Bonchev–Trinajstić information content (AvgIpc) is 2.69. The zero-order valence-electron chi connectivity index (χ0n) is 13.8. The van der Waals surface area contributed by atoms with Crippen molar-refractivity contribution in [1.29, 1.82) is 0 Å². The Balaban J connectivity index is 1.81. The van der Waals surface area contributed by atoms with Crippen LogP contribution in [0.5, 0.6) is 5.75 Å². The summed E-state index contributed by atoms with van der Waals surface area (Å²) in [6, 6.07) is 22.4. The summed E-state index contributed by atoms with van der Waals surface area (Å²) in [6.45, 7) is 0.142. The molecule has 0 unspecified atom stereocenters. The predicted molar refractivity (Wildman–Crippen MR) is 98.7 cm³/mol. The topological polar surface area (TPSA) is 39.4 Å². The standard InChI is InChI=1S/C22H15FO3/c23-17-12-10-15(11-13-17)14-25-22-20(24)18-8-4-5-9-19(18)26-21(22)16-6-2-1-3-7-16/h1-13H,14H2. The third kappa shape index (κ3) is 3.09. The van der Waals surface area contributed by atoms with Gasteiger partial charge in [-0.05, 0) is 29.8 Å². The van der Waals surface area contributed by atoms with Gasteiger partial charge in [-0.15, -0.1) is 0 Å². The molecule has 1 heterocycles. The first-order valence-electron chi connectivity index (χ1n) is 8.21. The van der Waals surface area contributed by atoms with Gasteiger partial charge in [0, 0.05) is 5.56 Å². The number of fused-ring (bicyclic) bond motifs is 1. The SMILES string of the molecule is O=c1c(OCc2ccc(F)cc2)c(-c2ccccc2)oc2ccccc12. The second-order valence-corrected chi connectivity index (χ2v) is 5.87. The van der Waals surface area contributed by atoms with Gasteiger partial charge in [-0.25, -0.2) is 4.39 Å². The minimum atomic E-state index is -0.316. The van der Waals surface area contributed by atoms with Crippen molar-refractivity contribution < 1.29 is 13.5 Å². The fraction of sp³-hybridized carbons (Fsp3) is 0.0455. The molecule has 3 aromatic carbocycles. The van der Waals surface area contributed by atoms with Crippen molar-refractivity contribution >= 4 is 11.0 Å². The van der Waals surface area contributed by atoms with Crippen LogP contribution >= 0.6 is 0 Å². The predicted octanol–water partition coefficient (Wildman–Crippen LogP) is 5.18. The molecule has 0 fully saturated rings. The Hall–Kier alpha value is -3.40. The van der Waals surface area contributed by atoms with Crippen LogP contribution in [-0.4, -0.2) is 0 Å². The van der Waals surface area contributed by atoms with Crippen LogP contribution in [0.15, 0.2) is 88.1 Å². The third-order valence-corrected chi connectivity index (χ3v) is 4.09. The van der Waals surface area contributed by atoms with Crippen molar-refractivity contribution in [3.05, 3.63) is 100 Å². The molecule has 26 heavy (non-hydrogen) atoms. The maximum absolute atomic E-state index is 13.1. The Morgan fingerprint density at radius 3 is 2.31 bits per heavy atom. The molecule has 0 spiro atoms. The number of para-hydroxylation sites is 1. The lowest BCUT2D eigenvalue weighted by Gasteiger charge is -2.12. The average molecular weight is 346 g/mol. The van der Waals surface area contributed by atoms with Crippen LogP contribution in [0, 0.1) is 5.82 Å². The van der Waals surface area contributed by atoms with Gasteiger partial charge in [0.05, 0.1) is 5.39 Å². The normalized spacial score (nSPS) is 10.8. The van der Waals surface area contributed by atoms with Crippen LogP contribution in [0.3, 0.4) is 0 Å². The maximum Gasteiger partial charge on any atom is 0.235 e. The number of benzene rings is 3. The minimum absolute atomic E-state index is 0.142. The summed E-state index contributed by atoms with van der Waals surface area (Å²) >= 11 is 0. The summed E-state index contributed by atoms with van der Waals surface area (Å²) in [7, 11) is 0. The summed E-state index contributed by atoms with van der Waals surface area (Å²) < 4.78 is 24.9. The maximum atomic E-state index is 13.1. The lowest BCUT2D eigenvalue weighted by Crippen LogP contribution is -2.10. The van der Waals surface area contributed by atoms with Gasteiger partial charge in [-0.1, -0.05) is 54.6 Å². The first-order valence-corrected chi connectivity index (χ1v) is 8.21. The lowest BCUT2D eigenvalue weighted by atomic mass is 10.1. The third-order valence-electron chi connectivity index (χ3n) is 4.09. The molecule has 0 bridgehead atoms. The molecule has 0 atom stereocenters. The molecule has 3 nitrogen and oxygen atoms in total. The number of rotatable bonds is 4. The number of halogens is 1. The highest BCUT2D eigenvalue weighted by Gasteiger charge is 2.17. The molecular weight excluding hydrogens is 331 g/mol. The van der Waals surface area contributed by atoms with E-state index in [2.05, 4.69) is 0 Å². The van der Waals surface area contributed by atoms with Gasteiger partial charge in [-0.2, -0.15) is 0 Å². The summed E-state index contributed by atoms with van der Waals surface area (Å²) in [5.74, 6) is 0.222. The molecule has 0 aliphatic carbocycles. The second kappa shape index (κ2) is 6.84. The van der Waals surface area contributed by atoms with Gasteiger partial charge in [-0.3, -0.25) is 4.79 Å². The molecular formula is C22H15FO3. The van der Waals surface area contributed by atoms with Crippen LogP contribution in [0.25, 0.3) is 22.3 Å². The van der Waals surface area contributed by atoms with Gasteiger partial charge in [0.1, 0.15) is 18.0 Å². The van der Waals surface area contributed by atoms with E-state index in [0.717, 1.165) is 11.1 Å². The Kier molecular flexibility index (Phi) is 4.23. The van der Waals surface area contributed by atoms with Gasteiger partial charge >= 0.3 is 0 Å². The lowest BCUT2D eigenvalue weighted by molar-refractivity contribution is 0.297. The number of ether oxygens (including phenoxy) is 1.